The summed E-state index contributed by atoms with van der Waals surface area (Å²) in [6.07, 6.45) is 2.00. The largest absolute Gasteiger partial charge is 0.304 e. The number of para-hydroxylation sites is 1. The third-order valence-electron chi connectivity index (χ3n) is 3.22. The highest BCUT2D eigenvalue weighted by atomic mass is 32.1. The first kappa shape index (κ1) is 13.1. The molecule has 0 aliphatic carbocycles. The molecule has 0 saturated heterocycles. The number of thiophene rings is 1. The molecule has 0 bridgehead atoms. The predicted molar refractivity (Wildman–Crippen MR) is 83.1 cm³/mol. The summed E-state index contributed by atoms with van der Waals surface area (Å²) in [4.78, 5) is 1.35. The molecule has 0 amide bonds. The SMILES string of the molecule is C[C@H](NCc1ccn(-c2ccccc2)n1)c1cccs1. The Bertz CT molecular complexity index is 643. The van der Waals surface area contributed by atoms with Crippen molar-refractivity contribution in [2.24, 2.45) is 0 Å². The molecule has 3 aromatic rings. The van der Waals surface area contributed by atoms with Crippen LogP contribution < -0.4 is 5.32 Å². The first-order valence-corrected chi connectivity index (χ1v) is 7.57. The van der Waals surface area contributed by atoms with Gasteiger partial charge >= 0.3 is 0 Å². The van der Waals surface area contributed by atoms with Gasteiger partial charge in [0, 0.05) is 23.7 Å². The number of rotatable bonds is 5. The number of nitrogens with zero attached hydrogens (tertiary/aromatic N) is 2. The van der Waals surface area contributed by atoms with Crippen LogP contribution in [0.4, 0.5) is 0 Å². The Labute approximate surface area is 122 Å². The van der Waals surface area contributed by atoms with Crippen LogP contribution in [-0.4, -0.2) is 9.78 Å². The standard InChI is InChI=1S/C16H17N3S/c1-13(16-8-5-11-20-16)17-12-14-9-10-19(18-14)15-6-3-2-4-7-15/h2-11,13,17H,12H2,1H3/t13-/m0/s1. The minimum absolute atomic E-state index is 0.358. The highest BCUT2D eigenvalue weighted by Gasteiger charge is 2.07. The van der Waals surface area contributed by atoms with E-state index in [0.717, 1.165) is 17.9 Å². The Morgan fingerprint density at radius 1 is 1.15 bits per heavy atom. The molecule has 102 valence electrons. The quantitative estimate of drug-likeness (QED) is 0.772. The van der Waals surface area contributed by atoms with Crippen molar-refractivity contribution in [1.82, 2.24) is 15.1 Å². The second kappa shape index (κ2) is 6.03. The molecule has 0 spiro atoms. The first-order valence-electron chi connectivity index (χ1n) is 6.70. The van der Waals surface area contributed by atoms with Gasteiger partial charge in [-0.15, -0.1) is 11.3 Å². The van der Waals surface area contributed by atoms with Crippen molar-refractivity contribution in [2.75, 3.05) is 0 Å². The van der Waals surface area contributed by atoms with Crippen LogP contribution in [0.2, 0.25) is 0 Å². The average molecular weight is 283 g/mol. The summed E-state index contributed by atoms with van der Waals surface area (Å²) < 4.78 is 1.91. The van der Waals surface area contributed by atoms with Gasteiger partial charge in [0.2, 0.25) is 0 Å². The average Bonchev–Trinajstić information content (AvgIpc) is 3.17. The van der Waals surface area contributed by atoms with E-state index in [1.165, 1.54) is 4.88 Å². The lowest BCUT2D eigenvalue weighted by atomic mass is 10.2. The van der Waals surface area contributed by atoms with E-state index in [4.69, 9.17) is 0 Å². The molecule has 1 N–H and O–H groups in total. The Balaban J connectivity index is 1.63. The molecule has 0 aliphatic heterocycles. The van der Waals surface area contributed by atoms with Gasteiger partial charge in [0.1, 0.15) is 0 Å². The van der Waals surface area contributed by atoms with Gasteiger partial charge in [-0.2, -0.15) is 5.10 Å². The van der Waals surface area contributed by atoms with Crippen molar-refractivity contribution in [3.05, 3.63) is 70.7 Å². The molecule has 0 fully saturated rings. The maximum absolute atomic E-state index is 4.59. The summed E-state index contributed by atoms with van der Waals surface area (Å²) in [5.41, 5.74) is 2.14. The van der Waals surface area contributed by atoms with E-state index in [-0.39, 0.29) is 0 Å². The number of benzene rings is 1. The third-order valence-corrected chi connectivity index (χ3v) is 4.28. The van der Waals surface area contributed by atoms with Crippen LogP contribution in [0.25, 0.3) is 5.69 Å². The summed E-state index contributed by atoms with van der Waals surface area (Å²) in [5, 5.41) is 10.2. The number of hydrogen-bond donors (Lipinski definition) is 1. The molecular weight excluding hydrogens is 266 g/mol. The number of nitrogens with one attached hydrogen (secondary N) is 1. The van der Waals surface area contributed by atoms with Gasteiger partial charge in [-0.05, 0) is 36.6 Å². The van der Waals surface area contributed by atoms with Crippen molar-refractivity contribution < 1.29 is 0 Å². The van der Waals surface area contributed by atoms with Crippen LogP contribution in [0.5, 0.6) is 0 Å². The minimum atomic E-state index is 0.358. The van der Waals surface area contributed by atoms with Crippen LogP contribution in [0.1, 0.15) is 23.5 Å². The summed E-state index contributed by atoms with van der Waals surface area (Å²) in [6.45, 7) is 2.96. The highest BCUT2D eigenvalue weighted by molar-refractivity contribution is 7.10. The van der Waals surface area contributed by atoms with E-state index in [0.29, 0.717) is 6.04 Å². The minimum Gasteiger partial charge on any atom is -0.304 e. The maximum atomic E-state index is 4.59. The lowest BCUT2D eigenvalue weighted by molar-refractivity contribution is 0.572. The zero-order chi connectivity index (χ0) is 13.8. The Hall–Kier alpha value is -1.91. The lowest BCUT2D eigenvalue weighted by Gasteiger charge is -2.10. The number of hydrogen-bond acceptors (Lipinski definition) is 3. The lowest BCUT2D eigenvalue weighted by Crippen LogP contribution is -2.17. The maximum Gasteiger partial charge on any atom is 0.0767 e. The molecule has 3 rings (SSSR count). The second-order valence-corrected chi connectivity index (χ2v) is 5.68. The fourth-order valence-corrected chi connectivity index (χ4v) is 2.84. The topological polar surface area (TPSA) is 29.9 Å². The molecule has 2 heterocycles. The van der Waals surface area contributed by atoms with Crippen molar-refractivity contribution in [1.29, 1.82) is 0 Å². The smallest absolute Gasteiger partial charge is 0.0767 e. The molecular formula is C16H17N3S. The first-order chi connectivity index (χ1) is 9.83. The molecule has 2 aromatic heterocycles. The van der Waals surface area contributed by atoms with Crippen LogP contribution in [0.15, 0.2) is 60.1 Å². The second-order valence-electron chi connectivity index (χ2n) is 4.71. The van der Waals surface area contributed by atoms with Crippen LogP contribution in [0, 0.1) is 0 Å². The Morgan fingerprint density at radius 2 is 2.00 bits per heavy atom. The zero-order valence-corrected chi connectivity index (χ0v) is 12.2. The van der Waals surface area contributed by atoms with Gasteiger partial charge in [0.15, 0.2) is 0 Å². The van der Waals surface area contributed by atoms with Gasteiger partial charge < -0.3 is 5.32 Å². The zero-order valence-electron chi connectivity index (χ0n) is 11.4. The molecule has 3 nitrogen and oxygen atoms in total. The van der Waals surface area contributed by atoms with E-state index in [9.17, 15) is 0 Å². The van der Waals surface area contributed by atoms with Crippen molar-refractivity contribution in [2.45, 2.75) is 19.5 Å². The fraction of sp³-hybridized carbons (Fsp3) is 0.188. The summed E-state index contributed by atoms with van der Waals surface area (Å²) >= 11 is 1.78. The van der Waals surface area contributed by atoms with Gasteiger partial charge in [-0.1, -0.05) is 24.3 Å². The van der Waals surface area contributed by atoms with E-state index < -0.39 is 0 Å². The van der Waals surface area contributed by atoms with Crippen LogP contribution in [-0.2, 0) is 6.54 Å². The molecule has 20 heavy (non-hydrogen) atoms. The highest BCUT2D eigenvalue weighted by Crippen LogP contribution is 2.18. The third kappa shape index (κ3) is 2.98. The number of aromatic nitrogens is 2. The molecule has 0 unspecified atom stereocenters. The summed E-state index contributed by atoms with van der Waals surface area (Å²) in [5.74, 6) is 0. The normalized spacial score (nSPS) is 12.4. The van der Waals surface area contributed by atoms with E-state index in [1.54, 1.807) is 11.3 Å². The summed E-state index contributed by atoms with van der Waals surface area (Å²) in [6, 6.07) is 16.8. The summed E-state index contributed by atoms with van der Waals surface area (Å²) in [7, 11) is 0. The molecule has 1 atom stereocenters. The van der Waals surface area contributed by atoms with E-state index >= 15 is 0 Å². The monoisotopic (exact) mass is 283 g/mol. The fourth-order valence-electron chi connectivity index (χ4n) is 2.08. The molecule has 0 saturated carbocycles. The van der Waals surface area contributed by atoms with E-state index in [2.05, 4.69) is 53.1 Å². The van der Waals surface area contributed by atoms with Gasteiger partial charge in [-0.25, -0.2) is 4.68 Å². The van der Waals surface area contributed by atoms with Crippen LogP contribution >= 0.6 is 11.3 Å². The van der Waals surface area contributed by atoms with Crippen molar-refractivity contribution in [3.8, 4) is 5.69 Å². The van der Waals surface area contributed by atoms with Gasteiger partial charge in [-0.3, -0.25) is 0 Å². The van der Waals surface area contributed by atoms with Crippen molar-refractivity contribution in [3.63, 3.8) is 0 Å². The Kier molecular flexibility index (Phi) is 3.95. The van der Waals surface area contributed by atoms with E-state index in [1.807, 2.05) is 29.1 Å². The van der Waals surface area contributed by atoms with Gasteiger partial charge in [0.05, 0.1) is 11.4 Å². The molecule has 4 heteroatoms. The van der Waals surface area contributed by atoms with Crippen molar-refractivity contribution >= 4 is 11.3 Å². The predicted octanol–water partition coefficient (Wildman–Crippen LogP) is 3.78. The molecule has 0 radical (unpaired) electrons. The Morgan fingerprint density at radius 3 is 2.75 bits per heavy atom. The van der Waals surface area contributed by atoms with Gasteiger partial charge in [0.25, 0.3) is 0 Å². The molecule has 0 aliphatic rings. The molecule has 1 aromatic carbocycles. The van der Waals surface area contributed by atoms with Crippen LogP contribution in [0.3, 0.4) is 0 Å².